The number of ether oxygens (including phenoxy) is 1. The van der Waals surface area contributed by atoms with E-state index in [1.807, 2.05) is 0 Å². The van der Waals surface area contributed by atoms with Crippen molar-refractivity contribution in [1.29, 1.82) is 0 Å². The van der Waals surface area contributed by atoms with Gasteiger partial charge in [-0.3, -0.25) is 4.79 Å². The number of hydrogen-bond acceptors (Lipinski definition) is 3. The van der Waals surface area contributed by atoms with Gasteiger partial charge in [0, 0.05) is 0 Å². The van der Waals surface area contributed by atoms with Gasteiger partial charge in [0.1, 0.15) is 11.1 Å². The summed E-state index contributed by atoms with van der Waals surface area (Å²) in [5, 5.41) is -1.37. The van der Waals surface area contributed by atoms with E-state index in [4.69, 9.17) is 11.6 Å². The summed E-state index contributed by atoms with van der Waals surface area (Å²) in [6, 6.07) is 3.30. The zero-order valence-electron chi connectivity index (χ0n) is 9.88. The Kier molecular flexibility index (Phi) is 5.64. The van der Waals surface area contributed by atoms with Crippen LogP contribution in [0.2, 0.25) is 0 Å². The van der Waals surface area contributed by atoms with Crippen molar-refractivity contribution in [2.75, 3.05) is 0 Å². The van der Waals surface area contributed by atoms with Gasteiger partial charge in [-0.25, -0.2) is 0 Å². The molecule has 2 nitrogen and oxygen atoms in total. The zero-order valence-corrected chi connectivity index (χ0v) is 11.5. The van der Waals surface area contributed by atoms with Crippen LogP contribution in [0.4, 0.5) is 22.0 Å². The third-order valence-electron chi connectivity index (χ3n) is 2.07. The molecular weight excluding hydrogens is 327 g/mol. The maximum atomic E-state index is 12.5. The minimum atomic E-state index is -4.73. The van der Waals surface area contributed by atoms with Gasteiger partial charge in [-0.2, -0.15) is 22.0 Å². The number of rotatable bonds is 5. The first-order valence-corrected chi connectivity index (χ1v) is 6.35. The Morgan fingerprint density at radius 1 is 1.35 bits per heavy atom. The molecule has 0 N–H and O–H groups in total. The van der Waals surface area contributed by atoms with Crippen LogP contribution in [0.15, 0.2) is 23.1 Å². The van der Waals surface area contributed by atoms with Crippen molar-refractivity contribution in [1.82, 2.24) is 0 Å². The Bertz CT molecular complexity index is 492. The SMILES string of the molecule is CC(=O)C(Cl)c1cccc(OC(F)F)c1SC(F)(F)F. The number of alkyl halides is 6. The van der Waals surface area contributed by atoms with Crippen LogP contribution >= 0.6 is 23.4 Å². The van der Waals surface area contributed by atoms with Gasteiger partial charge in [0.05, 0.1) is 4.90 Å². The van der Waals surface area contributed by atoms with E-state index in [9.17, 15) is 26.7 Å². The molecule has 20 heavy (non-hydrogen) atoms. The molecule has 0 aliphatic carbocycles. The van der Waals surface area contributed by atoms with E-state index in [2.05, 4.69) is 4.74 Å². The molecule has 1 aromatic rings. The van der Waals surface area contributed by atoms with Crippen molar-refractivity contribution >= 4 is 29.1 Å². The summed E-state index contributed by atoms with van der Waals surface area (Å²) in [6.45, 7) is -2.20. The van der Waals surface area contributed by atoms with Crippen molar-refractivity contribution in [3.8, 4) is 5.75 Å². The lowest BCUT2D eigenvalue weighted by molar-refractivity contribution is -0.116. The summed E-state index contributed by atoms with van der Waals surface area (Å²) in [6.07, 6.45) is 0. The lowest BCUT2D eigenvalue weighted by Crippen LogP contribution is -2.10. The van der Waals surface area contributed by atoms with Crippen molar-refractivity contribution in [3.63, 3.8) is 0 Å². The number of carbonyl (C=O) groups is 1. The highest BCUT2D eigenvalue weighted by Gasteiger charge is 2.34. The number of hydrogen-bond donors (Lipinski definition) is 0. The highest BCUT2D eigenvalue weighted by molar-refractivity contribution is 8.00. The Morgan fingerprint density at radius 2 is 1.95 bits per heavy atom. The molecule has 1 atom stereocenters. The maximum Gasteiger partial charge on any atom is 0.446 e. The topological polar surface area (TPSA) is 26.3 Å². The van der Waals surface area contributed by atoms with E-state index >= 15 is 0 Å². The summed E-state index contributed by atoms with van der Waals surface area (Å²) in [4.78, 5) is 10.5. The average molecular weight is 335 g/mol. The number of carbonyl (C=O) groups excluding carboxylic acids is 1. The molecule has 0 spiro atoms. The Morgan fingerprint density at radius 3 is 2.40 bits per heavy atom. The van der Waals surface area contributed by atoms with Gasteiger partial charge in [-0.05, 0) is 30.3 Å². The van der Waals surface area contributed by atoms with Crippen LogP contribution in [-0.4, -0.2) is 17.9 Å². The van der Waals surface area contributed by atoms with E-state index in [-0.39, 0.29) is 5.56 Å². The number of halogens is 6. The molecule has 0 radical (unpaired) electrons. The van der Waals surface area contributed by atoms with Crippen LogP contribution in [0.25, 0.3) is 0 Å². The first kappa shape index (κ1) is 17.0. The normalized spacial score (nSPS) is 13.4. The predicted octanol–water partition coefficient (Wildman–Crippen LogP) is 4.77. The van der Waals surface area contributed by atoms with Gasteiger partial charge in [-0.1, -0.05) is 12.1 Å². The van der Waals surface area contributed by atoms with Gasteiger partial charge in [0.25, 0.3) is 0 Å². The second-order valence-electron chi connectivity index (χ2n) is 3.57. The van der Waals surface area contributed by atoms with Gasteiger partial charge in [-0.15, -0.1) is 11.6 Å². The quantitative estimate of drug-likeness (QED) is 0.441. The van der Waals surface area contributed by atoms with Gasteiger partial charge in [0.15, 0.2) is 5.78 Å². The number of Topliss-reactive ketones (excluding diaryl/α,β-unsaturated/α-hetero) is 1. The van der Waals surface area contributed by atoms with Crippen molar-refractivity contribution in [2.45, 2.75) is 29.3 Å². The van der Waals surface area contributed by atoms with Crippen molar-refractivity contribution < 1.29 is 31.5 Å². The molecule has 0 aromatic heterocycles. The molecular formula is C11H8ClF5O2S. The van der Waals surface area contributed by atoms with E-state index in [1.54, 1.807) is 0 Å². The molecule has 1 rings (SSSR count). The van der Waals surface area contributed by atoms with E-state index in [0.717, 1.165) is 19.1 Å². The van der Waals surface area contributed by atoms with E-state index in [0.29, 0.717) is 0 Å². The van der Waals surface area contributed by atoms with Gasteiger partial charge in [0.2, 0.25) is 0 Å². The molecule has 0 bridgehead atoms. The lowest BCUT2D eigenvalue weighted by Gasteiger charge is -2.17. The van der Waals surface area contributed by atoms with Crippen LogP contribution in [0.3, 0.4) is 0 Å². The number of thioether (sulfide) groups is 1. The molecule has 0 aliphatic heterocycles. The highest BCUT2D eigenvalue weighted by atomic mass is 35.5. The third-order valence-corrected chi connectivity index (χ3v) is 3.49. The van der Waals surface area contributed by atoms with Gasteiger partial charge >= 0.3 is 12.1 Å². The van der Waals surface area contributed by atoms with Gasteiger partial charge < -0.3 is 4.74 Å². The predicted molar refractivity (Wildman–Crippen MR) is 64.3 cm³/mol. The number of ketones is 1. The molecule has 112 valence electrons. The Labute approximate surface area is 120 Å². The zero-order chi connectivity index (χ0) is 15.5. The van der Waals surface area contributed by atoms with Crippen LogP contribution in [0.1, 0.15) is 17.9 Å². The van der Waals surface area contributed by atoms with E-state index in [1.165, 1.54) is 6.07 Å². The second-order valence-corrected chi connectivity index (χ2v) is 5.09. The highest BCUT2D eigenvalue weighted by Crippen LogP contribution is 2.46. The van der Waals surface area contributed by atoms with Crippen molar-refractivity contribution in [2.24, 2.45) is 0 Å². The molecule has 0 heterocycles. The average Bonchev–Trinajstić information content (AvgIpc) is 2.27. The van der Waals surface area contributed by atoms with Crippen LogP contribution < -0.4 is 4.74 Å². The second kappa shape index (κ2) is 6.62. The molecule has 0 amide bonds. The Hall–Kier alpha value is -1.02. The minimum Gasteiger partial charge on any atom is -0.434 e. The summed E-state index contributed by atoms with van der Waals surface area (Å²) in [7, 11) is 0. The largest absolute Gasteiger partial charge is 0.446 e. The lowest BCUT2D eigenvalue weighted by atomic mass is 10.1. The number of benzene rings is 1. The summed E-state index contributed by atoms with van der Waals surface area (Å²) in [5.74, 6) is -1.28. The molecule has 0 aliphatic rings. The fourth-order valence-corrected chi connectivity index (χ4v) is 2.36. The molecule has 0 fully saturated rings. The first-order chi connectivity index (χ1) is 9.11. The summed E-state index contributed by atoms with van der Waals surface area (Å²) >= 11 is 5.06. The third kappa shape index (κ3) is 4.82. The maximum absolute atomic E-state index is 12.5. The molecule has 1 unspecified atom stereocenters. The molecule has 0 saturated heterocycles. The van der Waals surface area contributed by atoms with Crippen LogP contribution in [-0.2, 0) is 4.79 Å². The molecule has 0 saturated carbocycles. The minimum absolute atomic E-state index is 0.223. The smallest absolute Gasteiger partial charge is 0.434 e. The van der Waals surface area contributed by atoms with Crippen molar-refractivity contribution in [3.05, 3.63) is 23.8 Å². The summed E-state index contributed by atoms with van der Waals surface area (Å²) in [5.41, 5.74) is -4.95. The van der Waals surface area contributed by atoms with Crippen LogP contribution in [0, 0.1) is 0 Å². The monoisotopic (exact) mass is 334 g/mol. The van der Waals surface area contributed by atoms with E-state index < -0.39 is 45.7 Å². The fraction of sp³-hybridized carbons (Fsp3) is 0.364. The fourth-order valence-electron chi connectivity index (χ4n) is 1.37. The molecule has 9 heteroatoms. The van der Waals surface area contributed by atoms with Crippen LogP contribution in [0.5, 0.6) is 5.75 Å². The first-order valence-electron chi connectivity index (χ1n) is 5.10. The molecule has 1 aromatic carbocycles. The standard InChI is InChI=1S/C11H8ClF5O2S/c1-5(18)8(12)6-3-2-4-7(19-10(13)14)9(6)20-11(15,16)17/h2-4,8,10H,1H3. The Balaban J connectivity index is 3.32. The summed E-state index contributed by atoms with van der Waals surface area (Å²) < 4.78 is 65.9.